The fraction of sp³-hybridized carbons (Fsp3) is 0.769. The van der Waals surface area contributed by atoms with Gasteiger partial charge in [-0.25, -0.2) is 0 Å². The maximum absolute atomic E-state index is 10.4. The number of hydrogen-bond donors (Lipinski definition) is 1. The second kappa shape index (κ2) is 4.62. The largest absolute Gasteiger partial charge is 0.392 e. The van der Waals surface area contributed by atoms with E-state index in [2.05, 4.69) is 21.0 Å². The van der Waals surface area contributed by atoms with Crippen molar-refractivity contribution in [2.75, 3.05) is 0 Å². The number of aliphatic hydroxyl groups is 1. The number of aryl methyl sites for hydroxylation is 2. The molecule has 1 aromatic rings. The van der Waals surface area contributed by atoms with E-state index in [-0.39, 0.29) is 12.2 Å². The second-order valence-corrected chi connectivity index (χ2v) is 6.31. The van der Waals surface area contributed by atoms with Crippen LogP contribution in [0.25, 0.3) is 0 Å². The summed E-state index contributed by atoms with van der Waals surface area (Å²) in [6, 6.07) is 0. The Morgan fingerprint density at radius 1 is 1.56 bits per heavy atom. The van der Waals surface area contributed by atoms with E-state index < -0.39 is 0 Å². The predicted octanol–water partition coefficient (Wildman–Crippen LogP) is 1.96. The van der Waals surface area contributed by atoms with Gasteiger partial charge in [-0.2, -0.15) is 5.10 Å². The summed E-state index contributed by atoms with van der Waals surface area (Å²) in [6.45, 7) is 1.97. The SMILES string of the molecule is Cc1nn(C)c(CC(O)C2CC3CCC2O3)c1Br. The van der Waals surface area contributed by atoms with Gasteiger partial charge in [0.15, 0.2) is 0 Å². The number of halogens is 1. The van der Waals surface area contributed by atoms with Gasteiger partial charge in [0.1, 0.15) is 0 Å². The lowest BCUT2D eigenvalue weighted by atomic mass is 9.83. The molecule has 2 aliphatic rings. The zero-order chi connectivity index (χ0) is 12.9. The zero-order valence-electron chi connectivity index (χ0n) is 10.8. The Labute approximate surface area is 115 Å². The molecule has 1 N–H and O–H groups in total. The smallest absolute Gasteiger partial charge is 0.0738 e. The van der Waals surface area contributed by atoms with E-state index in [1.165, 1.54) is 6.42 Å². The number of fused-ring (bicyclic) bond motifs is 2. The van der Waals surface area contributed by atoms with Crippen LogP contribution < -0.4 is 0 Å². The lowest BCUT2D eigenvalue weighted by Gasteiger charge is -2.24. The van der Waals surface area contributed by atoms with Crippen molar-refractivity contribution in [1.29, 1.82) is 0 Å². The van der Waals surface area contributed by atoms with E-state index in [1.54, 1.807) is 0 Å². The Kier molecular flexibility index (Phi) is 3.24. The Bertz CT molecular complexity index is 460. The van der Waals surface area contributed by atoms with Crippen molar-refractivity contribution >= 4 is 15.9 Å². The summed E-state index contributed by atoms with van der Waals surface area (Å²) in [7, 11) is 1.93. The van der Waals surface area contributed by atoms with Crippen LogP contribution in [0.5, 0.6) is 0 Å². The molecule has 4 unspecified atom stereocenters. The normalized spacial score (nSPS) is 32.1. The van der Waals surface area contributed by atoms with Crippen molar-refractivity contribution in [3.63, 3.8) is 0 Å². The van der Waals surface area contributed by atoms with Crippen molar-refractivity contribution in [2.24, 2.45) is 13.0 Å². The highest BCUT2D eigenvalue weighted by Gasteiger charge is 2.44. The summed E-state index contributed by atoms with van der Waals surface area (Å²) < 4.78 is 8.69. The number of rotatable bonds is 3. The predicted molar refractivity (Wildman–Crippen MR) is 71.4 cm³/mol. The van der Waals surface area contributed by atoms with Crippen LogP contribution in [0, 0.1) is 12.8 Å². The van der Waals surface area contributed by atoms with Crippen molar-refractivity contribution in [3.05, 3.63) is 15.9 Å². The Balaban J connectivity index is 1.72. The average molecular weight is 315 g/mol. The summed E-state index contributed by atoms with van der Waals surface area (Å²) >= 11 is 3.55. The third-order valence-electron chi connectivity index (χ3n) is 4.31. The molecule has 2 aliphatic heterocycles. The van der Waals surface area contributed by atoms with Crippen LogP contribution in [0.15, 0.2) is 4.47 Å². The van der Waals surface area contributed by atoms with E-state index in [9.17, 15) is 5.11 Å². The highest BCUT2D eigenvalue weighted by Crippen LogP contribution is 2.41. The Hall–Kier alpha value is -0.390. The second-order valence-electron chi connectivity index (χ2n) is 5.51. The molecule has 0 amide bonds. The third-order valence-corrected chi connectivity index (χ3v) is 5.34. The molecule has 3 heterocycles. The van der Waals surface area contributed by atoms with E-state index in [4.69, 9.17) is 4.74 Å². The van der Waals surface area contributed by atoms with Crippen molar-refractivity contribution in [2.45, 2.75) is 50.9 Å². The number of hydrogen-bond acceptors (Lipinski definition) is 3. The van der Waals surface area contributed by atoms with Gasteiger partial charge in [-0.15, -0.1) is 0 Å². The highest BCUT2D eigenvalue weighted by molar-refractivity contribution is 9.10. The van der Waals surface area contributed by atoms with Crippen LogP contribution in [-0.4, -0.2) is 33.2 Å². The topological polar surface area (TPSA) is 47.3 Å². The maximum atomic E-state index is 10.4. The summed E-state index contributed by atoms with van der Waals surface area (Å²) in [4.78, 5) is 0. The molecule has 0 aromatic carbocycles. The van der Waals surface area contributed by atoms with Crippen LogP contribution in [0.4, 0.5) is 0 Å². The minimum Gasteiger partial charge on any atom is -0.392 e. The van der Waals surface area contributed by atoms with E-state index in [0.29, 0.717) is 18.4 Å². The molecule has 4 atom stereocenters. The lowest BCUT2D eigenvalue weighted by molar-refractivity contribution is 0.0423. The molecule has 2 saturated heterocycles. The summed E-state index contributed by atoms with van der Waals surface area (Å²) in [6.07, 6.45) is 4.28. The van der Waals surface area contributed by atoms with Crippen molar-refractivity contribution in [3.8, 4) is 0 Å². The molecule has 0 saturated carbocycles. The van der Waals surface area contributed by atoms with Gasteiger partial charge in [-0.05, 0) is 42.1 Å². The first-order chi connectivity index (χ1) is 8.56. The third kappa shape index (κ3) is 2.02. The Morgan fingerprint density at radius 2 is 2.33 bits per heavy atom. The van der Waals surface area contributed by atoms with Gasteiger partial charge < -0.3 is 9.84 Å². The standard InChI is InChI=1S/C13H19BrN2O2/c1-7-13(14)10(16(2)15-7)6-11(17)9-5-8-3-4-12(9)18-8/h8-9,11-12,17H,3-6H2,1-2H3. The first-order valence-corrected chi connectivity index (χ1v) is 7.37. The molecule has 3 rings (SSSR count). The molecule has 2 bridgehead atoms. The molecule has 0 radical (unpaired) electrons. The lowest BCUT2D eigenvalue weighted by Crippen LogP contribution is -2.31. The van der Waals surface area contributed by atoms with Crippen molar-refractivity contribution in [1.82, 2.24) is 9.78 Å². The quantitative estimate of drug-likeness (QED) is 0.927. The van der Waals surface area contributed by atoms with Gasteiger partial charge in [0, 0.05) is 19.4 Å². The van der Waals surface area contributed by atoms with Crippen LogP contribution in [0.2, 0.25) is 0 Å². The van der Waals surface area contributed by atoms with Gasteiger partial charge in [0.05, 0.1) is 34.2 Å². The molecule has 4 nitrogen and oxygen atoms in total. The molecule has 0 aliphatic carbocycles. The van der Waals surface area contributed by atoms with E-state index >= 15 is 0 Å². The zero-order valence-corrected chi connectivity index (χ0v) is 12.4. The molecule has 18 heavy (non-hydrogen) atoms. The van der Waals surface area contributed by atoms with Crippen LogP contribution >= 0.6 is 15.9 Å². The van der Waals surface area contributed by atoms with Gasteiger partial charge >= 0.3 is 0 Å². The van der Waals surface area contributed by atoms with Gasteiger partial charge in [-0.1, -0.05) is 0 Å². The average Bonchev–Trinajstić information content (AvgIpc) is 3.00. The van der Waals surface area contributed by atoms with E-state index in [0.717, 1.165) is 28.7 Å². The first-order valence-electron chi connectivity index (χ1n) is 6.57. The number of aliphatic hydroxyl groups excluding tert-OH is 1. The highest BCUT2D eigenvalue weighted by atomic mass is 79.9. The van der Waals surface area contributed by atoms with Gasteiger partial charge in [0.2, 0.25) is 0 Å². The minimum atomic E-state index is -0.327. The molecule has 0 spiro atoms. The minimum absolute atomic E-state index is 0.276. The molecular weight excluding hydrogens is 296 g/mol. The van der Waals surface area contributed by atoms with E-state index in [1.807, 2.05) is 18.7 Å². The van der Waals surface area contributed by atoms with Crippen LogP contribution in [-0.2, 0) is 18.2 Å². The molecule has 1 aromatic heterocycles. The first kappa shape index (κ1) is 12.6. The monoisotopic (exact) mass is 314 g/mol. The van der Waals surface area contributed by atoms with Crippen LogP contribution in [0.1, 0.15) is 30.7 Å². The summed E-state index contributed by atoms with van der Waals surface area (Å²) in [5.41, 5.74) is 2.05. The fourth-order valence-corrected chi connectivity index (χ4v) is 3.83. The van der Waals surface area contributed by atoms with Gasteiger partial charge in [-0.3, -0.25) is 4.68 Å². The number of nitrogens with zero attached hydrogens (tertiary/aromatic N) is 2. The van der Waals surface area contributed by atoms with Gasteiger partial charge in [0.25, 0.3) is 0 Å². The summed E-state index contributed by atoms with van der Waals surface area (Å²) in [5, 5.41) is 14.8. The summed E-state index contributed by atoms with van der Waals surface area (Å²) in [5.74, 6) is 0.297. The Morgan fingerprint density at radius 3 is 2.83 bits per heavy atom. The molecule has 5 heteroatoms. The molecule has 100 valence electrons. The fourth-order valence-electron chi connectivity index (χ4n) is 3.33. The molecular formula is C13H19BrN2O2. The van der Waals surface area contributed by atoms with Crippen LogP contribution in [0.3, 0.4) is 0 Å². The number of aromatic nitrogens is 2. The number of ether oxygens (including phenoxy) is 1. The molecule has 2 fully saturated rings. The maximum Gasteiger partial charge on any atom is 0.0738 e. The van der Waals surface area contributed by atoms with Crippen molar-refractivity contribution < 1.29 is 9.84 Å².